The molecule has 3 fully saturated rings. The Labute approximate surface area is 247 Å². The molecular formula is C31H29N9O3. The molecule has 4 aromatic rings. The maximum atomic E-state index is 13.0. The molecule has 3 aromatic heterocycles. The van der Waals surface area contributed by atoms with Crippen molar-refractivity contribution in [1.82, 2.24) is 24.3 Å². The van der Waals surface area contributed by atoms with Crippen LogP contribution in [0.3, 0.4) is 0 Å². The van der Waals surface area contributed by atoms with Crippen LogP contribution in [0.2, 0.25) is 0 Å². The van der Waals surface area contributed by atoms with Crippen molar-refractivity contribution in [3.05, 3.63) is 77.3 Å². The first-order valence-corrected chi connectivity index (χ1v) is 14.3. The summed E-state index contributed by atoms with van der Waals surface area (Å²) in [5.74, 6) is 0.516. The van der Waals surface area contributed by atoms with Gasteiger partial charge in [0.25, 0.3) is 0 Å². The highest BCUT2D eigenvalue weighted by molar-refractivity contribution is 6.13. The fourth-order valence-electron chi connectivity index (χ4n) is 5.57. The van der Waals surface area contributed by atoms with Crippen molar-refractivity contribution in [3.8, 4) is 6.07 Å². The van der Waals surface area contributed by atoms with Gasteiger partial charge in [-0.2, -0.15) is 5.26 Å². The third-order valence-electron chi connectivity index (χ3n) is 8.20. The Balaban J connectivity index is 1.09. The molecule has 4 heterocycles. The Bertz CT molecular complexity index is 1860. The van der Waals surface area contributed by atoms with Crippen LogP contribution in [0.25, 0.3) is 5.65 Å². The van der Waals surface area contributed by atoms with Crippen LogP contribution < -0.4 is 15.5 Å². The van der Waals surface area contributed by atoms with E-state index in [4.69, 9.17) is 4.98 Å². The maximum absolute atomic E-state index is 13.0. The number of carbonyl (C=O) groups excluding carboxylic acids is 3. The zero-order valence-electron chi connectivity index (χ0n) is 23.7. The number of urea groups is 1. The number of nitrogens with zero attached hydrogens (tertiary/aromatic N) is 7. The molecule has 0 spiro atoms. The Kier molecular flexibility index (Phi) is 6.30. The van der Waals surface area contributed by atoms with Gasteiger partial charge in [-0.05, 0) is 68.0 Å². The van der Waals surface area contributed by atoms with E-state index in [1.165, 1.54) is 11.9 Å². The largest absolute Gasteiger partial charge is 0.379 e. The number of carbonyl (C=O) groups is 3. The average molecular weight is 576 g/mol. The van der Waals surface area contributed by atoms with Gasteiger partial charge in [-0.1, -0.05) is 0 Å². The van der Waals surface area contributed by atoms with Crippen LogP contribution in [0, 0.1) is 24.2 Å². The predicted octanol–water partition coefficient (Wildman–Crippen LogP) is 3.93. The first-order valence-electron chi connectivity index (χ1n) is 14.3. The van der Waals surface area contributed by atoms with Crippen molar-refractivity contribution in [2.75, 3.05) is 29.1 Å². The van der Waals surface area contributed by atoms with Gasteiger partial charge < -0.3 is 15.0 Å². The number of anilines is 3. The summed E-state index contributed by atoms with van der Waals surface area (Å²) >= 11 is 0. The van der Waals surface area contributed by atoms with E-state index in [-0.39, 0.29) is 36.2 Å². The molecule has 0 bridgehead atoms. The molecule has 2 N–H and O–H groups in total. The number of benzene rings is 1. The molecule has 2 saturated carbocycles. The first-order chi connectivity index (χ1) is 20.8. The Morgan fingerprint density at radius 3 is 2.65 bits per heavy atom. The van der Waals surface area contributed by atoms with Crippen molar-refractivity contribution >= 4 is 40.6 Å². The summed E-state index contributed by atoms with van der Waals surface area (Å²) < 4.78 is 1.91. The molecular weight excluding hydrogens is 546 g/mol. The normalized spacial score (nSPS) is 19.6. The lowest BCUT2D eigenvalue weighted by Crippen LogP contribution is -2.30. The van der Waals surface area contributed by atoms with Crippen LogP contribution in [-0.2, 0) is 16.1 Å². The van der Waals surface area contributed by atoms with E-state index in [0.29, 0.717) is 58.7 Å². The lowest BCUT2D eigenvalue weighted by Gasteiger charge is -2.17. The fraction of sp³-hybridized carbons (Fsp3) is 0.323. The van der Waals surface area contributed by atoms with Gasteiger partial charge in [0.2, 0.25) is 11.8 Å². The van der Waals surface area contributed by atoms with Crippen molar-refractivity contribution in [3.63, 3.8) is 0 Å². The van der Waals surface area contributed by atoms with E-state index >= 15 is 0 Å². The molecule has 1 aromatic carbocycles. The molecule has 43 heavy (non-hydrogen) atoms. The number of pyridine rings is 1. The third-order valence-corrected chi connectivity index (χ3v) is 8.20. The summed E-state index contributed by atoms with van der Waals surface area (Å²) in [6, 6.07) is 10.7. The van der Waals surface area contributed by atoms with Crippen LogP contribution in [0.4, 0.5) is 21.9 Å². The molecule has 3 aliphatic rings. The van der Waals surface area contributed by atoms with Crippen molar-refractivity contribution in [2.45, 2.75) is 44.6 Å². The number of amides is 4. The molecule has 0 radical (unpaired) electrons. The minimum absolute atomic E-state index is 0.00798. The van der Waals surface area contributed by atoms with Crippen LogP contribution in [0.5, 0.6) is 0 Å². The molecule has 12 heteroatoms. The lowest BCUT2D eigenvalue weighted by atomic mass is 10.1. The number of hydrogen-bond donors (Lipinski definition) is 2. The van der Waals surface area contributed by atoms with E-state index in [2.05, 4.69) is 26.7 Å². The quantitative estimate of drug-likeness (QED) is 0.300. The summed E-state index contributed by atoms with van der Waals surface area (Å²) in [6.07, 6.45) is 8.52. The lowest BCUT2D eigenvalue weighted by molar-refractivity contribution is -0.124. The van der Waals surface area contributed by atoms with Crippen LogP contribution in [0.15, 0.2) is 48.9 Å². The zero-order chi connectivity index (χ0) is 29.8. The number of hydrogen-bond acceptors (Lipinski definition) is 8. The van der Waals surface area contributed by atoms with Gasteiger partial charge in [0.1, 0.15) is 12.4 Å². The Hall–Kier alpha value is -5.31. The van der Waals surface area contributed by atoms with Gasteiger partial charge in [-0.3, -0.25) is 19.4 Å². The SMILES string of the molecule is Cc1ccnc([C@H]2C[C@@H]2C(=O)Nc2cc(C#N)cc(NCc3cn4cc(C5CC5)cc(N5CC(=O)N(C)C5=O)c4n3)c2)n1. The third kappa shape index (κ3) is 5.14. The van der Waals surface area contributed by atoms with Crippen LogP contribution >= 0.6 is 0 Å². The molecule has 2 aliphatic carbocycles. The van der Waals surface area contributed by atoms with Crippen molar-refractivity contribution in [2.24, 2.45) is 5.92 Å². The number of fused-ring (bicyclic) bond motifs is 1. The van der Waals surface area contributed by atoms with E-state index in [9.17, 15) is 19.6 Å². The number of nitrogens with one attached hydrogen (secondary N) is 2. The number of aromatic nitrogens is 4. The minimum atomic E-state index is -0.366. The Morgan fingerprint density at radius 2 is 1.93 bits per heavy atom. The predicted molar refractivity (Wildman–Crippen MR) is 157 cm³/mol. The second-order valence-electron chi connectivity index (χ2n) is 11.5. The van der Waals surface area contributed by atoms with Crippen LogP contribution in [0.1, 0.15) is 59.4 Å². The number of likely N-dealkylation sites (N-methyl/N-ethyl adjacent to an activating group) is 1. The average Bonchev–Trinajstić information content (AvgIpc) is 3.93. The minimum Gasteiger partial charge on any atom is -0.379 e. The molecule has 1 saturated heterocycles. The molecule has 7 rings (SSSR count). The molecule has 1 aliphatic heterocycles. The van der Waals surface area contributed by atoms with Gasteiger partial charge in [-0.25, -0.2) is 19.7 Å². The standard InChI is InChI=1S/C31H29N9O3/c1-17-5-6-33-28(35-17)24-11-25(24)30(42)37-22-8-18(12-32)7-21(10-22)34-13-23-15-39-14-20(19-3-4-19)9-26(29(39)36-23)40-16-27(41)38(2)31(40)43/h5-10,14-15,19,24-25,34H,3-4,11,13,16H2,1-2H3,(H,37,42)/t24-,25-/m0/s1. The van der Waals surface area contributed by atoms with Crippen LogP contribution in [-0.4, -0.2) is 55.7 Å². The molecule has 2 atom stereocenters. The van der Waals surface area contributed by atoms with E-state index in [1.54, 1.807) is 24.4 Å². The zero-order valence-corrected chi connectivity index (χ0v) is 23.7. The number of nitriles is 1. The number of rotatable bonds is 8. The summed E-state index contributed by atoms with van der Waals surface area (Å²) in [5, 5.41) is 15.9. The molecule has 0 unspecified atom stereocenters. The topological polar surface area (TPSA) is 149 Å². The van der Waals surface area contributed by atoms with Crippen molar-refractivity contribution in [1.29, 1.82) is 5.26 Å². The fourth-order valence-corrected chi connectivity index (χ4v) is 5.57. The highest BCUT2D eigenvalue weighted by Crippen LogP contribution is 2.46. The molecule has 4 amide bonds. The van der Waals surface area contributed by atoms with Gasteiger partial charge >= 0.3 is 6.03 Å². The van der Waals surface area contributed by atoms with Gasteiger partial charge in [0.15, 0.2) is 5.65 Å². The number of aryl methyl sites for hydroxylation is 1. The maximum Gasteiger partial charge on any atom is 0.331 e. The highest BCUT2D eigenvalue weighted by atomic mass is 16.2. The Morgan fingerprint density at radius 1 is 1.12 bits per heavy atom. The number of imidazole rings is 1. The summed E-state index contributed by atoms with van der Waals surface area (Å²) in [5.41, 5.74) is 5.48. The van der Waals surface area contributed by atoms with Gasteiger partial charge in [-0.15, -0.1) is 0 Å². The molecule has 12 nitrogen and oxygen atoms in total. The van der Waals surface area contributed by atoms with E-state index in [0.717, 1.165) is 29.0 Å². The summed E-state index contributed by atoms with van der Waals surface area (Å²) in [4.78, 5) is 54.2. The second-order valence-corrected chi connectivity index (χ2v) is 11.5. The summed E-state index contributed by atoms with van der Waals surface area (Å²) in [7, 11) is 1.49. The number of imide groups is 1. The van der Waals surface area contributed by atoms with Gasteiger partial charge in [0.05, 0.1) is 29.6 Å². The smallest absolute Gasteiger partial charge is 0.331 e. The summed E-state index contributed by atoms with van der Waals surface area (Å²) in [6.45, 7) is 2.22. The second kappa shape index (κ2) is 10.2. The van der Waals surface area contributed by atoms with E-state index < -0.39 is 0 Å². The highest BCUT2D eigenvalue weighted by Gasteiger charge is 2.46. The van der Waals surface area contributed by atoms with Gasteiger partial charge in [0, 0.05) is 54.5 Å². The molecule has 216 valence electrons. The van der Waals surface area contributed by atoms with Crippen molar-refractivity contribution < 1.29 is 14.4 Å². The first kappa shape index (κ1) is 26.6. The monoisotopic (exact) mass is 575 g/mol. The van der Waals surface area contributed by atoms with E-state index in [1.807, 2.05) is 35.9 Å².